The third-order valence-electron chi connectivity index (χ3n) is 2.37. The van der Waals surface area contributed by atoms with Gasteiger partial charge in [0.2, 0.25) is 0 Å². The van der Waals surface area contributed by atoms with E-state index in [2.05, 4.69) is 5.32 Å². The van der Waals surface area contributed by atoms with Gasteiger partial charge in [-0.2, -0.15) is 13.2 Å². The predicted octanol–water partition coefficient (Wildman–Crippen LogP) is 2.64. The monoisotopic (exact) mass is 296 g/mol. The Kier molecular flexibility index (Phi) is 7.48. The SMILES string of the molecule is Cl.NCc1ccc(C(=O)NCCCC(F)(F)F)cc1. The number of carbonyl (C=O) groups excluding carboxylic acids is 1. The van der Waals surface area contributed by atoms with E-state index in [0.717, 1.165) is 5.56 Å². The van der Waals surface area contributed by atoms with Gasteiger partial charge in [0.15, 0.2) is 0 Å². The van der Waals surface area contributed by atoms with Crippen LogP contribution in [0.4, 0.5) is 13.2 Å². The minimum atomic E-state index is -4.17. The molecule has 0 atom stereocenters. The molecule has 1 amide bonds. The molecule has 0 aliphatic heterocycles. The summed E-state index contributed by atoms with van der Waals surface area (Å²) in [5, 5.41) is 2.44. The fourth-order valence-electron chi connectivity index (χ4n) is 1.39. The number of nitrogens with two attached hydrogens (primary N) is 1. The highest BCUT2D eigenvalue weighted by Gasteiger charge is 2.25. The second-order valence-electron chi connectivity index (χ2n) is 3.88. The van der Waals surface area contributed by atoms with E-state index in [9.17, 15) is 18.0 Å². The average molecular weight is 297 g/mol. The van der Waals surface area contributed by atoms with E-state index in [1.54, 1.807) is 24.3 Å². The quantitative estimate of drug-likeness (QED) is 0.821. The molecule has 1 aromatic carbocycles. The third-order valence-corrected chi connectivity index (χ3v) is 2.37. The summed E-state index contributed by atoms with van der Waals surface area (Å²) in [6, 6.07) is 6.62. The van der Waals surface area contributed by atoms with Crippen LogP contribution < -0.4 is 11.1 Å². The van der Waals surface area contributed by atoms with Crippen molar-refractivity contribution in [2.75, 3.05) is 6.54 Å². The minimum Gasteiger partial charge on any atom is -0.352 e. The van der Waals surface area contributed by atoms with Crippen molar-refractivity contribution >= 4 is 18.3 Å². The number of amides is 1. The number of carbonyl (C=O) groups is 1. The average Bonchev–Trinajstić information content (AvgIpc) is 2.33. The van der Waals surface area contributed by atoms with Crippen LogP contribution in [0.25, 0.3) is 0 Å². The fourth-order valence-corrected chi connectivity index (χ4v) is 1.39. The minimum absolute atomic E-state index is 0. The lowest BCUT2D eigenvalue weighted by molar-refractivity contribution is -0.135. The van der Waals surface area contributed by atoms with Gasteiger partial charge in [-0.15, -0.1) is 12.4 Å². The molecular formula is C12H16ClF3N2O. The van der Waals surface area contributed by atoms with Crippen molar-refractivity contribution in [3.63, 3.8) is 0 Å². The Morgan fingerprint density at radius 2 is 1.79 bits per heavy atom. The number of halogens is 4. The second-order valence-corrected chi connectivity index (χ2v) is 3.88. The van der Waals surface area contributed by atoms with E-state index in [1.807, 2.05) is 0 Å². The molecule has 7 heteroatoms. The molecule has 1 aromatic rings. The van der Waals surface area contributed by atoms with E-state index in [1.165, 1.54) is 0 Å². The van der Waals surface area contributed by atoms with E-state index in [-0.39, 0.29) is 31.3 Å². The van der Waals surface area contributed by atoms with Crippen LogP contribution >= 0.6 is 12.4 Å². The lowest BCUT2D eigenvalue weighted by Crippen LogP contribution is -2.25. The van der Waals surface area contributed by atoms with Gasteiger partial charge in [0.1, 0.15) is 0 Å². The van der Waals surface area contributed by atoms with Crippen LogP contribution in [0, 0.1) is 0 Å². The molecule has 0 unspecified atom stereocenters. The van der Waals surface area contributed by atoms with E-state index >= 15 is 0 Å². The summed E-state index contributed by atoms with van der Waals surface area (Å²) in [7, 11) is 0. The van der Waals surface area contributed by atoms with Crippen LogP contribution in [0.2, 0.25) is 0 Å². The number of alkyl halides is 3. The Bertz CT molecular complexity index is 393. The predicted molar refractivity (Wildman–Crippen MR) is 69.2 cm³/mol. The molecule has 0 fully saturated rings. The Morgan fingerprint density at radius 1 is 1.21 bits per heavy atom. The number of hydrogen-bond acceptors (Lipinski definition) is 2. The fraction of sp³-hybridized carbons (Fsp3) is 0.417. The number of hydrogen-bond donors (Lipinski definition) is 2. The number of nitrogens with one attached hydrogen (secondary N) is 1. The molecule has 0 aliphatic carbocycles. The molecule has 1 rings (SSSR count). The van der Waals surface area contributed by atoms with Gasteiger partial charge in [0.25, 0.3) is 5.91 Å². The molecule has 0 spiro atoms. The first kappa shape index (κ1) is 17.7. The van der Waals surface area contributed by atoms with Gasteiger partial charge in [0.05, 0.1) is 0 Å². The lowest BCUT2D eigenvalue weighted by Gasteiger charge is -2.07. The highest BCUT2D eigenvalue weighted by Crippen LogP contribution is 2.20. The molecule has 19 heavy (non-hydrogen) atoms. The Hall–Kier alpha value is -1.27. The summed E-state index contributed by atoms with van der Waals surface area (Å²) < 4.78 is 35.6. The van der Waals surface area contributed by atoms with E-state index < -0.39 is 12.6 Å². The van der Waals surface area contributed by atoms with Crippen LogP contribution in [-0.4, -0.2) is 18.6 Å². The van der Waals surface area contributed by atoms with Gasteiger partial charge < -0.3 is 11.1 Å². The largest absolute Gasteiger partial charge is 0.389 e. The zero-order valence-corrected chi connectivity index (χ0v) is 11.0. The highest BCUT2D eigenvalue weighted by atomic mass is 35.5. The van der Waals surface area contributed by atoms with Gasteiger partial charge in [-0.3, -0.25) is 4.79 Å². The third kappa shape index (κ3) is 7.03. The van der Waals surface area contributed by atoms with Crippen molar-refractivity contribution in [1.29, 1.82) is 0 Å². The molecule has 0 heterocycles. The van der Waals surface area contributed by atoms with Gasteiger partial charge in [0, 0.05) is 25.1 Å². The van der Waals surface area contributed by atoms with E-state index in [0.29, 0.717) is 12.1 Å². The summed E-state index contributed by atoms with van der Waals surface area (Å²) in [6.07, 6.45) is -5.18. The van der Waals surface area contributed by atoms with Crippen molar-refractivity contribution in [2.45, 2.75) is 25.6 Å². The van der Waals surface area contributed by atoms with Crippen LogP contribution in [0.1, 0.15) is 28.8 Å². The van der Waals surface area contributed by atoms with Crippen molar-refractivity contribution < 1.29 is 18.0 Å². The Balaban J connectivity index is 0.00000324. The topological polar surface area (TPSA) is 55.1 Å². The smallest absolute Gasteiger partial charge is 0.352 e. The van der Waals surface area contributed by atoms with Crippen LogP contribution in [0.3, 0.4) is 0 Å². The van der Waals surface area contributed by atoms with Crippen molar-refractivity contribution in [3.8, 4) is 0 Å². The summed E-state index contributed by atoms with van der Waals surface area (Å²) in [4.78, 5) is 11.5. The molecule has 0 aromatic heterocycles. The Morgan fingerprint density at radius 3 is 2.26 bits per heavy atom. The van der Waals surface area contributed by atoms with Gasteiger partial charge in [-0.25, -0.2) is 0 Å². The van der Waals surface area contributed by atoms with Crippen molar-refractivity contribution in [2.24, 2.45) is 5.73 Å². The maximum absolute atomic E-state index is 11.9. The van der Waals surface area contributed by atoms with Crippen molar-refractivity contribution in [1.82, 2.24) is 5.32 Å². The molecule has 0 radical (unpaired) electrons. The molecule has 0 bridgehead atoms. The first-order valence-corrected chi connectivity index (χ1v) is 5.56. The van der Waals surface area contributed by atoms with Crippen LogP contribution in [0.15, 0.2) is 24.3 Å². The molecular weight excluding hydrogens is 281 g/mol. The van der Waals surface area contributed by atoms with Crippen molar-refractivity contribution in [3.05, 3.63) is 35.4 Å². The normalized spacial score (nSPS) is 10.7. The van der Waals surface area contributed by atoms with Gasteiger partial charge >= 0.3 is 6.18 Å². The maximum Gasteiger partial charge on any atom is 0.389 e. The molecule has 0 saturated heterocycles. The standard InChI is InChI=1S/C12H15F3N2O.ClH/c13-12(14,15)6-1-7-17-11(18)10-4-2-9(8-16)3-5-10;/h2-5H,1,6-8,16H2,(H,17,18);1H. The molecule has 0 saturated carbocycles. The number of benzene rings is 1. The maximum atomic E-state index is 11.9. The zero-order valence-electron chi connectivity index (χ0n) is 10.2. The van der Waals surface area contributed by atoms with Crippen LogP contribution in [0.5, 0.6) is 0 Å². The lowest BCUT2D eigenvalue weighted by atomic mass is 10.1. The zero-order chi connectivity index (χ0) is 13.6. The van der Waals surface area contributed by atoms with Crippen LogP contribution in [-0.2, 0) is 6.54 Å². The summed E-state index contributed by atoms with van der Waals surface area (Å²) in [5.41, 5.74) is 6.72. The molecule has 3 nitrogen and oxygen atoms in total. The van der Waals surface area contributed by atoms with Gasteiger partial charge in [-0.1, -0.05) is 12.1 Å². The summed E-state index contributed by atoms with van der Waals surface area (Å²) >= 11 is 0. The first-order chi connectivity index (χ1) is 8.42. The Labute approximate surface area is 115 Å². The summed E-state index contributed by atoms with van der Waals surface area (Å²) in [6.45, 7) is 0.393. The van der Waals surface area contributed by atoms with E-state index in [4.69, 9.17) is 5.73 Å². The summed E-state index contributed by atoms with van der Waals surface area (Å²) in [5.74, 6) is -0.374. The molecule has 108 valence electrons. The van der Waals surface area contributed by atoms with Gasteiger partial charge in [-0.05, 0) is 24.1 Å². The highest BCUT2D eigenvalue weighted by molar-refractivity contribution is 5.94. The molecule has 0 aliphatic rings. The number of rotatable bonds is 5. The second kappa shape index (κ2) is 8.01. The molecule has 3 N–H and O–H groups in total. The first-order valence-electron chi connectivity index (χ1n) is 5.56.